The first-order valence-electron chi connectivity index (χ1n) is 12.2. The minimum atomic E-state index is -4.97. The number of thiocarbonyl (C=S) groups is 1. The van der Waals surface area contributed by atoms with E-state index in [0.29, 0.717) is 18.7 Å². The monoisotopic (exact) mass is 573 g/mol. The Morgan fingerprint density at radius 1 is 0.625 bits per heavy atom. The minimum Gasteiger partial charge on any atom is -0.354 e. The number of nitrogens with one attached hydrogen (secondary N) is 3. The van der Waals surface area contributed by atoms with Crippen LogP contribution in [0.5, 0.6) is 0 Å². The van der Waals surface area contributed by atoms with E-state index >= 15 is 0 Å². The van der Waals surface area contributed by atoms with Crippen molar-refractivity contribution in [3.8, 4) is 0 Å². The van der Waals surface area contributed by atoms with E-state index in [1.165, 1.54) is 0 Å². The van der Waals surface area contributed by atoms with E-state index in [9.17, 15) is 26.3 Å². The molecule has 4 aromatic carbocycles. The highest BCUT2D eigenvalue weighted by atomic mass is 32.1. The number of rotatable bonds is 8. The molecule has 4 aromatic rings. The summed E-state index contributed by atoms with van der Waals surface area (Å²) in [7, 11) is 0. The first kappa shape index (κ1) is 29.1. The van der Waals surface area contributed by atoms with Crippen molar-refractivity contribution in [2.24, 2.45) is 0 Å². The van der Waals surface area contributed by atoms with Crippen LogP contribution in [0.2, 0.25) is 0 Å². The van der Waals surface area contributed by atoms with Gasteiger partial charge in [0, 0.05) is 12.2 Å². The van der Waals surface area contributed by atoms with Gasteiger partial charge in [-0.2, -0.15) is 26.3 Å². The second kappa shape index (κ2) is 12.5. The number of halogens is 6. The zero-order chi connectivity index (χ0) is 28.8. The van der Waals surface area contributed by atoms with Crippen molar-refractivity contribution >= 4 is 23.0 Å². The summed E-state index contributed by atoms with van der Waals surface area (Å²) in [5.41, 5.74) is -0.556. The van der Waals surface area contributed by atoms with Gasteiger partial charge >= 0.3 is 12.4 Å². The molecule has 0 aromatic heterocycles. The standard InChI is InChI=1S/C30H25F6N3S/c31-29(32,33)23-16-24(30(34,35)36)18-25(17-23)38-28(40)39-27(22-14-8-3-9-15-22)26(21-12-6-2-7-13-21)37-19-20-10-4-1-5-11-20/h1-18,26-27,37H,19H2,(H2,38,39,40)/t26-,27-/m1/s1. The lowest BCUT2D eigenvalue weighted by Gasteiger charge is -2.31. The van der Waals surface area contributed by atoms with Crippen molar-refractivity contribution in [3.63, 3.8) is 0 Å². The highest BCUT2D eigenvalue weighted by Crippen LogP contribution is 2.38. The zero-order valence-electron chi connectivity index (χ0n) is 20.9. The summed E-state index contributed by atoms with van der Waals surface area (Å²) in [6.07, 6.45) is -9.95. The molecule has 0 saturated carbocycles. The van der Waals surface area contributed by atoms with Gasteiger partial charge < -0.3 is 16.0 Å². The Morgan fingerprint density at radius 2 is 1.07 bits per heavy atom. The predicted octanol–water partition coefficient (Wildman–Crippen LogP) is 8.28. The Kier molecular flexibility index (Phi) is 9.11. The van der Waals surface area contributed by atoms with Gasteiger partial charge in [-0.3, -0.25) is 0 Å². The van der Waals surface area contributed by atoms with E-state index in [4.69, 9.17) is 12.2 Å². The third kappa shape index (κ3) is 7.83. The van der Waals surface area contributed by atoms with Crippen molar-refractivity contribution in [2.45, 2.75) is 31.0 Å². The van der Waals surface area contributed by atoms with Crippen LogP contribution in [0.25, 0.3) is 0 Å². The Balaban J connectivity index is 1.66. The first-order chi connectivity index (χ1) is 19.0. The van der Waals surface area contributed by atoms with Crippen LogP contribution in [0.3, 0.4) is 0 Å². The summed E-state index contributed by atoms with van der Waals surface area (Å²) in [4.78, 5) is 0. The largest absolute Gasteiger partial charge is 0.416 e. The lowest BCUT2D eigenvalue weighted by atomic mass is 9.93. The first-order valence-corrected chi connectivity index (χ1v) is 12.7. The molecule has 0 heterocycles. The summed E-state index contributed by atoms with van der Waals surface area (Å²) in [6.45, 7) is 0.494. The van der Waals surface area contributed by atoms with Gasteiger partial charge in [0.15, 0.2) is 5.11 Å². The molecule has 0 spiro atoms. The van der Waals surface area contributed by atoms with Crippen LogP contribution in [-0.2, 0) is 18.9 Å². The molecule has 10 heteroatoms. The summed E-state index contributed by atoms with van der Waals surface area (Å²) in [6, 6.07) is 28.8. The molecule has 0 unspecified atom stereocenters. The topological polar surface area (TPSA) is 36.1 Å². The molecule has 3 N–H and O–H groups in total. The van der Waals surface area contributed by atoms with E-state index in [-0.39, 0.29) is 17.2 Å². The molecular weight excluding hydrogens is 548 g/mol. The van der Waals surface area contributed by atoms with Gasteiger partial charge in [0.25, 0.3) is 0 Å². The van der Waals surface area contributed by atoms with Crippen LogP contribution in [0.15, 0.2) is 109 Å². The maximum atomic E-state index is 13.4. The van der Waals surface area contributed by atoms with Gasteiger partial charge in [-0.1, -0.05) is 91.0 Å². The Labute approximate surface area is 233 Å². The number of benzene rings is 4. The second-order valence-electron chi connectivity index (χ2n) is 9.04. The number of anilines is 1. The quantitative estimate of drug-likeness (QED) is 0.146. The number of alkyl halides is 6. The van der Waals surface area contributed by atoms with Crippen LogP contribution in [0.4, 0.5) is 32.0 Å². The van der Waals surface area contributed by atoms with Crippen LogP contribution < -0.4 is 16.0 Å². The molecule has 3 nitrogen and oxygen atoms in total. The highest BCUT2D eigenvalue weighted by molar-refractivity contribution is 7.80. The van der Waals surface area contributed by atoms with E-state index in [2.05, 4.69) is 16.0 Å². The van der Waals surface area contributed by atoms with Gasteiger partial charge in [0.2, 0.25) is 0 Å². The van der Waals surface area contributed by atoms with Gasteiger partial charge in [-0.05, 0) is 47.1 Å². The molecule has 4 rings (SSSR count). The average Bonchev–Trinajstić information content (AvgIpc) is 2.93. The summed E-state index contributed by atoms with van der Waals surface area (Å²) < 4.78 is 80.2. The van der Waals surface area contributed by atoms with Crippen LogP contribution >= 0.6 is 12.2 Å². The summed E-state index contributed by atoms with van der Waals surface area (Å²) in [5.74, 6) is 0. The van der Waals surface area contributed by atoms with Crippen molar-refractivity contribution in [1.29, 1.82) is 0 Å². The van der Waals surface area contributed by atoms with E-state index in [1.807, 2.05) is 91.0 Å². The Hall–Kier alpha value is -3.89. The molecule has 0 bridgehead atoms. The fourth-order valence-corrected chi connectivity index (χ4v) is 4.51. The molecule has 0 aliphatic heterocycles. The van der Waals surface area contributed by atoms with Gasteiger partial charge in [0.1, 0.15) is 0 Å². The molecule has 0 aliphatic carbocycles. The third-order valence-corrected chi connectivity index (χ3v) is 6.37. The number of hydrogen-bond donors (Lipinski definition) is 3. The number of hydrogen-bond acceptors (Lipinski definition) is 2. The van der Waals surface area contributed by atoms with Crippen molar-refractivity contribution in [3.05, 3.63) is 137 Å². The molecular formula is C30H25F6N3S. The van der Waals surface area contributed by atoms with Crippen molar-refractivity contribution in [2.75, 3.05) is 5.32 Å². The van der Waals surface area contributed by atoms with E-state index in [1.54, 1.807) is 0 Å². The smallest absolute Gasteiger partial charge is 0.354 e. The fourth-order valence-electron chi connectivity index (χ4n) is 4.27. The molecule has 0 amide bonds. The van der Waals surface area contributed by atoms with Gasteiger partial charge in [-0.25, -0.2) is 0 Å². The molecule has 0 radical (unpaired) electrons. The summed E-state index contributed by atoms with van der Waals surface area (Å²) in [5, 5.41) is 9.06. The van der Waals surface area contributed by atoms with Gasteiger partial charge in [0.05, 0.1) is 23.2 Å². The lowest BCUT2D eigenvalue weighted by molar-refractivity contribution is -0.143. The molecule has 0 saturated heterocycles. The average molecular weight is 574 g/mol. The SMILES string of the molecule is FC(F)(F)c1cc(NC(=S)N[C@H](c2ccccc2)[C@H](NCc2ccccc2)c2ccccc2)cc(C(F)(F)F)c1. The fraction of sp³-hybridized carbons (Fsp3) is 0.167. The molecule has 2 atom stereocenters. The minimum absolute atomic E-state index is 0.0768. The highest BCUT2D eigenvalue weighted by Gasteiger charge is 2.37. The van der Waals surface area contributed by atoms with Crippen LogP contribution in [-0.4, -0.2) is 5.11 Å². The third-order valence-electron chi connectivity index (χ3n) is 6.15. The molecule has 208 valence electrons. The zero-order valence-corrected chi connectivity index (χ0v) is 21.7. The molecule has 40 heavy (non-hydrogen) atoms. The molecule has 0 aliphatic rings. The Morgan fingerprint density at radius 3 is 1.55 bits per heavy atom. The second-order valence-corrected chi connectivity index (χ2v) is 9.44. The van der Waals surface area contributed by atoms with Crippen LogP contribution in [0, 0.1) is 0 Å². The van der Waals surface area contributed by atoms with Gasteiger partial charge in [-0.15, -0.1) is 0 Å². The van der Waals surface area contributed by atoms with Crippen LogP contribution in [0.1, 0.15) is 39.9 Å². The van der Waals surface area contributed by atoms with E-state index < -0.39 is 35.2 Å². The maximum Gasteiger partial charge on any atom is 0.416 e. The maximum absolute atomic E-state index is 13.4. The van der Waals surface area contributed by atoms with Crippen molar-refractivity contribution < 1.29 is 26.3 Å². The van der Waals surface area contributed by atoms with Crippen molar-refractivity contribution in [1.82, 2.24) is 10.6 Å². The summed E-state index contributed by atoms with van der Waals surface area (Å²) >= 11 is 5.42. The lowest BCUT2D eigenvalue weighted by Crippen LogP contribution is -2.40. The predicted molar refractivity (Wildman–Crippen MR) is 147 cm³/mol. The van der Waals surface area contributed by atoms with E-state index in [0.717, 1.165) is 16.7 Å². The normalized spacial score (nSPS) is 13.3. The Bertz CT molecular complexity index is 1360. The molecule has 0 fully saturated rings.